The van der Waals surface area contributed by atoms with E-state index in [1.807, 2.05) is 30.3 Å². The smallest absolute Gasteiger partial charge is 0.340 e. The molecule has 0 spiro atoms. The van der Waals surface area contributed by atoms with E-state index in [0.717, 1.165) is 34.6 Å². The minimum absolute atomic E-state index is 0.0354. The molecule has 1 aromatic heterocycles. The van der Waals surface area contributed by atoms with E-state index in [0.29, 0.717) is 37.4 Å². The molecule has 2 aliphatic rings. The molecule has 1 aromatic carbocycles. The van der Waals surface area contributed by atoms with Crippen LogP contribution in [0.15, 0.2) is 34.5 Å². The van der Waals surface area contributed by atoms with Gasteiger partial charge in [0.25, 0.3) is 10.0 Å². The topological polar surface area (TPSA) is 92.8 Å². The molecular weight excluding hydrogens is 424 g/mol. The van der Waals surface area contributed by atoms with Crippen molar-refractivity contribution in [2.45, 2.75) is 43.0 Å². The highest BCUT2D eigenvalue weighted by Crippen LogP contribution is 2.38. The SMILES string of the molecule is COC(=O)c1c(S(=O)(=O)NCc2ccccc2)sc2c1CCN(C(=O)CC1CC1)C2. The summed E-state index contributed by atoms with van der Waals surface area (Å²) in [6, 6.07) is 9.18. The van der Waals surface area contributed by atoms with Crippen molar-refractivity contribution in [1.29, 1.82) is 0 Å². The van der Waals surface area contributed by atoms with Crippen LogP contribution in [0.25, 0.3) is 0 Å². The maximum Gasteiger partial charge on any atom is 0.340 e. The Bertz CT molecular complexity index is 1060. The van der Waals surface area contributed by atoms with Crippen molar-refractivity contribution in [3.63, 3.8) is 0 Å². The number of carbonyl (C=O) groups is 2. The highest BCUT2D eigenvalue weighted by molar-refractivity contribution is 7.91. The molecule has 0 unspecified atom stereocenters. The molecule has 7 nitrogen and oxygen atoms in total. The van der Waals surface area contributed by atoms with Crippen LogP contribution in [0, 0.1) is 5.92 Å². The van der Waals surface area contributed by atoms with E-state index in [-0.39, 0.29) is 22.2 Å². The molecule has 0 radical (unpaired) electrons. The molecule has 30 heavy (non-hydrogen) atoms. The number of rotatable bonds is 7. The van der Waals surface area contributed by atoms with E-state index in [1.165, 1.54) is 7.11 Å². The number of sulfonamides is 1. The normalized spacial score (nSPS) is 16.2. The zero-order chi connectivity index (χ0) is 21.3. The maximum absolute atomic E-state index is 13.0. The molecule has 2 aromatic rings. The average molecular weight is 449 g/mol. The summed E-state index contributed by atoms with van der Waals surface area (Å²) in [7, 11) is -2.68. The summed E-state index contributed by atoms with van der Waals surface area (Å²) in [6.45, 7) is 0.943. The minimum atomic E-state index is -3.92. The minimum Gasteiger partial charge on any atom is -0.465 e. The fourth-order valence-corrected chi connectivity index (χ4v) is 6.59. The van der Waals surface area contributed by atoms with Crippen molar-refractivity contribution in [2.24, 2.45) is 5.92 Å². The predicted octanol–water partition coefficient (Wildman–Crippen LogP) is 2.70. The second-order valence-electron chi connectivity index (χ2n) is 7.68. The fraction of sp³-hybridized carbons (Fsp3) is 0.429. The van der Waals surface area contributed by atoms with Gasteiger partial charge in [0.15, 0.2) is 0 Å². The van der Waals surface area contributed by atoms with E-state index in [1.54, 1.807) is 4.90 Å². The van der Waals surface area contributed by atoms with E-state index < -0.39 is 16.0 Å². The Morgan fingerprint density at radius 2 is 1.97 bits per heavy atom. The molecule has 1 saturated carbocycles. The molecule has 160 valence electrons. The summed E-state index contributed by atoms with van der Waals surface area (Å²) >= 11 is 1.06. The number of nitrogens with one attached hydrogen (secondary N) is 1. The summed E-state index contributed by atoms with van der Waals surface area (Å²) < 4.78 is 33.5. The summed E-state index contributed by atoms with van der Waals surface area (Å²) in [4.78, 5) is 27.5. The van der Waals surface area contributed by atoms with E-state index >= 15 is 0 Å². The largest absolute Gasteiger partial charge is 0.465 e. The molecule has 1 fully saturated rings. The van der Waals surface area contributed by atoms with Gasteiger partial charge < -0.3 is 9.64 Å². The van der Waals surface area contributed by atoms with Gasteiger partial charge in [0.05, 0.1) is 19.2 Å². The fourth-order valence-electron chi connectivity index (χ4n) is 3.63. The number of benzene rings is 1. The first-order valence-corrected chi connectivity index (χ1v) is 12.2. The average Bonchev–Trinajstić information content (AvgIpc) is 3.48. The maximum atomic E-state index is 13.0. The monoisotopic (exact) mass is 448 g/mol. The molecule has 1 aliphatic carbocycles. The summed E-state index contributed by atoms with van der Waals surface area (Å²) in [6.07, 6.45) is 3.20. The van der Waals surface area contributed by atoms with Crippen molar-refractivity contribution in [3.05, 3.63) is 51.9 Å². The van der Waals surface area contributed by atoms with Crippen molar-refractivity contribution < 1.29 is 22.7 Å². The van der Waals surface area contributed by atoms with Crippen LogP contribution in [0.1, 0.15) is 45.6 Å². The Labute approximate surface area is 180 Å². The zero-order valence-electron chi connectivity index (χ0n) is 16.7. The number of esters is 1. The van der Waals surface area contributed by atoms with Crippen LogP contribution in [0.5, 0.6) is 0 Å². The van der Waals surface area contributed by atoms with Crippen LogP contribution in [0.4, 0.5) is 0 Å². The molecule has 1 N–H and O–H groups in total. The number of thiophene rings is 1. The number of nitrogens with zero attached hydrogens (tertiary/aromatic N) is 1. The molecule has 2 heterocycles. The van der Waals surface area contributed by atoms with Gasteiger partial charge in [0.1, 0.15) is 4.21 Å². The van der Waals surface area contributed by atoms with Gasteiger partial charge in [-0.1, -0.05) is 30.3 Å². The van der Waals surface area contributed by atoms with Crippen molar-refractivity contribution in [1.82, 2.24) is 9.62 Å². The van der Waals surface area contributed by atoms with Crippen molar-refractivity contribution in [2.75, 3.05) is 13.7 Å². The van der Waals surface area contributed by atoms with Crippen LogP contribution in [0.3, 0.4) is 0 Å². The molecule has 1 amide bonds. The lowest BCUT2D eigenvalue weighted by Gasteiger charge is -2.27. The first kappa shape index (κ1) is 21.0. The van der Waals surface area contributed by atoms with Gasteiger partial charge in [-0.3, -0.25) is 4.79 Å². The molecule has 1 aliphatic heterocycles. The van der Waals surface area contributed by atoms with Crippen LogP contribution in [0.2, 0.25) is 0 Å². The summed E-state index contributed by atoms with van der Waals surface area (Å²) in [5.74, 6) is -0.0703. The third-order valence-electron chi connectivity index (χ3n) is 5.48. The quantitative estimate of drug-likeness (QED) is 0.658. The third kappa shape index (κ3) is 4.43. The second kappa shape index (κ2) is 8.49. The standard InChI is InChI=1S/C21H24N2O5S2/c1-28-20(25)19-16-9-10-23(18(24)11-14-7-8-14)13-17(16)29-21(19)30(26,27)22-12-15-5-3-2-4-6-15/h2-6,14,22H,7-13H2,1H3. The highest BCUT2D eigenvalue weighted by Gasteiger charge is 2.35. The number of hydrogen-bond donors (Lipinski definition) is 1. The van der Waals surface area contributed by atoms with Gasteiger partial charge in [-0.25, -0.2) is 17.9 Å². The molecular formula is C21H24N2O5S2. The van der Waals surface area contributed by atoms with Crippen LogP contribution >= 0.6 is 11.3 Å². The van der Waals surface area contributed by atoms with Crippen molar-refractivity contribution in [3.8, 4) is 0 Å². The number of fused-ring (bicyclic) bond motifs is 1. The highest BCUT2D eigenvalue weighted by atomic mass is 32.2. The zero-order valence-corrected chi connectivity index (χ0v) is 18.4. The Balaban J connectivity index is 1.60. The van der Waals surface area contributed by atoms with Gasteiger partial charge >= 0.3 is 5.97 Å². The predicted molar refractivity (Wildman–Crippen MR) is 113 cm³/mol. The number of hydrogen-bond acceptors (Lipinski definition) is 6. The van der Waals surface area contributed by atoms with Crippen LogP contribution in [-0.4, -0.2) is 38.8 Å². The third-order valence-corrected chi connectivity index (χ3v) is 8.62. The van der Waals surface area contributed by atoms with Gasteiger partial charge in [0, 0.05) is 24.4 Å². The van der Waals surface area contributed by atoms with Gasteiger partial charge in [-0.2, -0.15) is 0 Å². The molecule has 0 saturated heterocycles. The van der Waals surface area contributed by atoms with Gasteiger partial charge in [0.2, 0.25) is 5.91 Å². The van der Waals surface area contributed by atoms with Gasteiger partial charge in [-0.05, 0) is 36.3 Å². The van der Waals surface area contributed by atoms with Crippen LogP contribution < -0.4 is 4.72 Å². The number of ether oxygens (including phenoxy) is 1. The Morgan fingerprint density at radius 1 is 1.23 bits per heavy atom. The lowest BCUT2D eigenvalue weighted by Crippen LogP contribution is -2.35. The number of methoxy groups -OCH3 is 1. The van der Waals surface area contributed by atoms with Crippen molar-refractivity contribution >= 4 is 33.2 Å². The molecule has 9 heteroatoms. The van der Waals surface area contributed by atoms with E-state index in [4.69, 9.17) is 4.74 Å². The van der Waals surface area contributed by atoms with Crippen LogP contribution in [-0.2, 0) is 39.1 Å². The molecule has 0 atom stereocenters. The second-order valence-corrected chi connectivity index (χ2v) is 10.7. The summed E-state index contributed by atoms with van der Waals surface area (Å²) in [5.41, 5.74) is 1.61. The first-order valence-electron chi connectivity index (χ1n) is 9.93. The Kier molecular flexibility index (Phi) is 5.95. The number of carbonyl (C=O) groups excluding carboxylic acids is 2. The van der Waals surface area contributed by atoms with E-state index in [2.05, 4.69) is 4.72 Å². The van der Waals surface area contributed by atoms with Gasteiger partial charge in [-0.15, -0.1) is 11.3 Å². The Hall–Kier alpha value is -2.23. The lowest BCUT2D eigenvalue weighted by atomic mass is 10.0. The molecule has 0 bridgehead atoms. The number of amides is 1. The Morgan fingerprint density at radius 3 is 2.63 bits per heavy atom. The summed E-state index contributed by atoms with van der Waals surface area (Å²) in [5, 5.41) is 0. The molecule has 4 rings (SSSR count). The lowest BCUT2D eigenvalue weighted by molar-refractivity contribution is -0.132. The van der Waals surface area contributed by atoms with E-state index in [9.17, 15) is 18.0 Å². The first-order chi connectivity index (χ1) is 14.4.